The number of aromatic amines is 1. The van der Waals surface area contributed by atoms with Crippen LogP contribution < -0.4 is 10.6 Å². The van der Waals surface area contributed by atoms with E-state index >= 15 is 0 Å². The summed E-state index contributed by atoms with van der Waals surface area (Å²) in [4.78, 5) is 26.0. The van der Waals surface area contributed by atoms with Crippen LogP contribution in [-0.4, -0.2) is 33.1 Å². The van der Waals surface area contributed by atoms with Gasteiger partial charge in [0.1, 0.15) is 17.4 Å². The van der Waals surface area contributed by atoms with E-state index in [9.17, 15) is 4.79 Å². The number of nitrogens with one attached hydrogen (secondary N) is 3. The molecule has 170 valence electrons. The first-order valence-corrected chi connectivity index (χ1v) is 11.3. The molecule has 8 heteroatoms. The molecule has 1 aliphatic carbocycles. The second kappa shape index (κ2) is 8.69. The van der Waals surface area contributed by atoms with Gasteiger partial charge in [0.05, 0.1) is 23.9 Å². The van der Waals surface area contributed by atoms with Crippen LogP contribution in [0.1, 0.15) is 58.9 Å². The molecule has 4 aromatic rings. The van der Waals surface area contributed by atoms with Crippen LogP contribution in [0.3, 0.4) is 0 Å². The zero-order valence-corrected chi connectivity index (χ0v) is 19.1. The van der Waals surface area contributed by atoms with Gasteiger partial charge >= 0.3 is 0 Å². The highest BCUT2D eigenvalue weighted by Gasteiger charge is 2.29. The van der Waals surface area contributed by atoms with Gasteiger partial charge in [-0.15, -0.1) is 0 Å². The first-order chi connectivity index (χ1) is 16.0. The van der Waals surface area contributed by atoms with Crippen molar-refractivity contribution in [2.45, 2.75) is 51.5 Å². The van der Waals surface area contributed by atoms with Gasteiger partial charge in [0.15, 0.2) is 0 Å². The van der Waals surface area contributed by atoms with Gasteiger partial charge < -0.3 is 20.1 Å². The van der Waals surface area contributed by atoms with E-state index in [4.69, 9.17) is 9.51 Å². The maximum atomic E-state index is 13.1. The van der Waals surface area contributed by atoms with Crippen LogP contribution in [0, 0.1) is 13.8 Å². The topological polar surface area (TPSA) is 109 Å². The van der Waals surface area contributed by atoms with E-state index in [1.54, 1.807) is 0 Å². The molecule has 0 unspecified atom stereocenters. The van der Waals surface area contributed by atoms with Crippen LogP contribution in [0.25, 0.3) is 10.9 Å². The lowest BCUT2D eigenvalue weighted by molar-refractivity contribution is -0.121. The van der Waals surface area contributed by atoms with Gasteiger partial charge in [0.2, 0.25) is 5.91 Å². The number of aromatic nitrogens is 4. The Morgan fingerprint density at radius 3 is 2.79 bits per heavy atom. The minimum Gasteiger partial charge on any atom is -0.373 e. The van der Waals surface area contributed by atoms with Crippen LogP contribution >= 0.6 is 0 Å². The molecule has 1 aliphatic rings. The highest BCUT2D eigenvalue weighted by atomic mass is 16.5. The molecule has 0 spiro atoms. The molecule has 3 N–H and O–H groups in total. The predicted octanol–water partition coefficient (Wildman–Crippen LogP) is 4.12. The maximum Gasteiger partial charge on any atom is 0.225 e. The number of carbonyl (C=O) groups excluding carboxylic acids is 1. The Hall–Kier alpha value is -3.68. The van der Waals surface area contributed by atoms with Gasteiger partial charge in [0, 0.05) is 48.1 Å². The highest BCUT2D eigenvalue weighted by Crippen LogP contribution is 2.39. The molecular formula is C25H28N6O2. The average Bonchev–Trinajstić information content (AvgIpc) is 3.54. The standard InChI is InChI=1S/C25H28N6O2/c1-14-19(15(2)33-31-14)11-24(32)28-21(10-17-13-27-20-7-5-4-6-18(17)20)22-12-23(26-3)30-25(29-22)16-8-9-16/h4-7,12-13,16,21,27H,8-11H2,1-3H3,(H,28,32)(H,26,29,30)/t21-/m1/s1. The van der Waals surface area contributed by atoms with E-state index in [0.717, 1.165) is 57.9 Å². The first kappa shape index (κ1) is 21.2. The smallest absolute Gasteiger partial charge is 0.225 e. The fourth-order valence-corrected chi connectivity index (χ4v) is 4.23. The van der Waals surface area contributed by atoms with E-state index in [1.807, 2.05) is 45.3 Å². The Labute approximate surface area is 192 Å². The fourth-order valence-electron chi connectivity index (χ4n) is 4.23. The van der Waals surface area contributed by atoms with Gasteiger partial charge in [-0.1, -0.05) is 23.4 Å². The molecular weight excluding hydrogens is 416 g/mol. The van der Waals surface area contributed by atoms with E-state index < -0.39 is 0 Å². The lowest BCUT2D eigenvalue weighted by Crippen LogP contribution is -2.32. The lowest BCUT2D eigenvalue weighted by atomic mass is 10.0. The van der Waals surface area contributed by atoms with Gasteiger partial charge in [0.25, 0.3) is 0 Å². The molecule has 1 aromatic carbocycles. The summed E-state index contributed by atoms with van der Waals surface area (Å²) in [5, 5.41) is 11.5. The Morgan fingerprint density at radius 2 is 2.06 bits per heavy atom. The van der Waals surface area contributed by atoms with Crippen molar-refractivity contribution in [2.24, 2.45) is 0 Å². The number of aryl methyl sites for hydroxylation is 2. The summed E-state index contributed by atoms with van der Waals surface area (Å²) in [5.41, 5.74) is 4.59. The van der Waals surface area contributed by atoms with Crippen molar-refractivity contribution in [1.82, 2.24) is 25.4 Å². The molecule has 3 heterocycles. The monoisotopic (exact) mass is 444 g/mol. The summed E-state index contributed by atoms with van der Waals surface area (Å²) in [6, 6.07) is 9.82. The van der Waals surface area contributed by atoms with Gasteiger partial charge in [-0.05, 0) is 38.3 Å². The number of para-hydroxylation sites is 1. The van der Waals surface area contributed by atoms with Crippen LogP contribution in [0.2, 0.25) is 0 Å². The van der Waals surface area contributed by atoms with E-state index in [1.165, 1.54) is 0 Å². The number of fused-ring (bicyclic) bond motifs is 1. The van der Waals surface area contributed by atoms with Crippen LogP contribution in [0.4, 0.5) is 5.82 Å². The summed E-state index contributed by atoms with van der Waals surface area (Å²) < 4.78 is 5.24. The van der Waals surface area contributed by atoms with E-state index in [0.29, 0.717) is 18.1 Å². The number of H-pyrrole nitrogens is 1. The van der Waals surface area contributed by atoms with Gasteiger partial charge in [-0.2, -0.15) is 0 Å². The molecule has 8 nitrogen and oxygen atoms in total. The lowest BCUT2D eigenvalue weighted by Gasteiger charge is -2.20. The van der Waals surface area contributed by atoms with Crippen molar-refractivity contribution in [3.63, 3.8) is 0 Å². The number of carbonyl (C=O) groups is 1. The molecule has 1 saturated carbocycles. The maximum absolute atomic E-state index is 13.1. The number of benzene rings is 1. The van der Waals surface area contributed by atoms with Crippen LogP contribution in [-0.2, 0) is 17.6 Å². The molecule has 3 aromatic heterocycles. The number of amides is 1. The largest absolute Gasteiger partial charge is 0.373 e. The number of nitrogens with zero attached hydrogens (tertiary/aromatic N) is 3. The molecule has 0 bridgehead atoms. The van der Waals surface area contributed by atoms with Crippen molar-refractivity contribution in [2.75, 3.05) is 12.4 Å². The summed E-state index contributed by atoms with van der Waals surface area (Å²) >= 11 is 0. The molecule has 1 amide bonds. The molecule has 5 rings (SSSR count). The summed E-state index contributed by atoms with van der Waals surface area (Å²) in [7, 11) is 1.85. The normalized spacial score (nSPS) is 14.4. The predicted molar refractivity (Wildman–Crippen MR) is 126 cm³/mol. The molecule has 0 aliphatic heterocycles. The number of hydrogen-bond acceptors (Lipinski definition) is 6. The summed E-state index contributed by atoms with van der Waals surface area (Å²) in [5.74, 6) is 2.61. The SMILES string of the molecule is CNc1cc([C@@H](Cc2c[nH]c3ccccc23)NC(=O)Cc2c(C)noc2C)nc(C2CC2)n1. The number of hydrogen-bond donors (Lipinski definition) is 3. The summed E-state index contributed by atoms with van der Waals surface area (Å²) in [6.07, 6.45) is 5.06. The third kappa shape index (κ3) is 4.46. The van der Waals surface area contributed by atoms with E-state index in [2.05, 4.69) is 37.9 Å². The Kier molecular flexibility index (Phi) is 5.58. The first-order valence-electron chi connectivity index (χ1n) is 11.3. The van der Waals surface area contributed by atoms with Crippen molar-refractivity contribution in [3.8, 4) is 0 Å². The van der Waals surface area contributed by atoms with Crippen molar-refractivity contribution in [1.29, 1.82) is 0 Å². The van der Waals surface area contributed by atoms with Gasteiger partial charge in [-0.25, -0.2) is 9.97 Å². The second-order valence-electron chi connectivity index (χ2n) is 8.72. The molecule has 33 heavy (non-hydrogen) atoms. The third-order valence-corrected chi connectivity index (χ3v) is 6.27. The summed E-state index contributed by atoms with van der Waals surface area (Å²) in [6.45, 7) is 3.69. The van der Waals surface area contributed by atoms with E-state index in [-0.39, 0.29) is 18.4 Å². The Bertz CT molecular complexity index is 1280. The third-order valence-electron chi connectivity index (χ3n) is 6.27. The molecule has 0 radical (unpaired) electrons. The Morgan fingerprint density at radius 1 is 1.24 bits per heavy atom. The Balaban J connectivity index is 1.48. The van der Waals surface area contributed by atoms with Crippen molar-refractivity contribution >= 4 is 22.6 Å². The van der Waals surface area contributed by atoms with Crippen LogP contribution in [0.15, 0.2) is 41.1 Å². The minimum absolute atomic E-state index is 0.0909. The molecule has 0 saturated heterocycles. The van der Waals surface area contributed by atoms with Crippen molar-refractivity contribution in [3.05, 3.63) is 70.6 Å². The number of rotatable bonds is 8. The number of anilines is 1. The zero-order chi connectivity index (χ0) is 22.9. The average molecular weight is 445 g/mol. The van der Waals surface area contributed by atoms with Crippen LogP contribution in [0.5, 0.6) is 0 Å². The molecule has 1 atom stereocenters. The van der Waals surface area contributed by atoms with Crippen molar-refractivity contribution < 1.29 is 9.32 Å². The zero-order valence-electron chi connectivity index (χ0n) is 19.1. The quantitative estimate of drug-likeness (QED) is 0.377. The second-order valence-corrected chi connectivity index (χ2v) is 8.72. The molecule has 1 fully saturated rings. The van der Waals surface area contributed by atoms with Gasteiger partial charge in [-0.3, -0.25) is 4.79 Å². The minimum atomic E-state index is -0.301. The fraction of sp³-hybridized carbons (Fsp3) is 0.360. The highest BCUT2D eigenvalue weighted by molar-refractivity contribution is 5.83.